The number of ether oxygens (including phenoxy) is 3. The molecular formula is C17H17ClO6. The van der Waals surface area contributed by atoms with Gasteiger partial charge in [-0.1, -0.05) is 11.6 Å². The predicted molar refractivity (Wildman–Crippen MR) is 86.3 cm³/mol. The van der Waals surface area contributed by atoms with Gasteiger partial charge in [0.05, 0.1) is 7.11 Å². The SMILES string of the molecule is COC(=O)c1ccc(COC(=O)COc2c(C)cc(Cl)cc2C)o1. The van der Waals surface area contributed by atoms with Crippen LogP contribution in [-0.2, 0) is 20.9 Å². The fraction of sp³-hybridized carbons (Fsp3) is 0.294. The highest BCUT2D eigenvalue weighted by atomic mass is 35.5. The molecule has 0 aliphatic carbocycles. The summed E-state index contributed by atoms with van der Waals surface area (Å²) in [5.74, 6) is -0.165. The van der Waals surface area contributed by atoms with E-state index in [0.717, 1.165) is 11.1 Å². The number of esters is 2. The van der Waals surface area contributed by atoms with Crippen LogP contribution in [0.4, 0.5) is 0 Å². The van der Waals surface area contributed by atoms with E-state index in [1.807, 2.05) is 13.8 Å². The van der Waals surface area contributed by atoms with Gasteiger partial charge in [0.1, 0.15) is 18.1 Å². The number of hydrogen-bond acceptors (Lipinski definition) is 6. The van der Waals surface area contributed by atoms with Crippen LogP contribution in [0.15, 0.2) is 28.7 Å². The molecule has 1 heterocycles. The van der Waals surface area contributed by atoms with Crippen LogP contribution in [0, 0.1) is 13.8 Å². The minimum Gasteiger partial charge on any atom is -0.481 e. The average Bonchev–Trinajstić information content (AvgIpc) is 3.00. The van der Waals surface area contributed by atoms with Crippen molar-refractivity contribution >= 4 is 23.5 Å². The van der Waals surface area contributed by atoms with Crippen LogP contribution >= 0.6 is 11.6 Å². The maximum atomic E-state index is 11.8. The Bertz CT molecular complexity index is 726. The van der Waals surface area contributed by atoms with Crippen molar-refractivity contribution in [2.45, 2.75) is 20.5 Å². The number of furan rings is 1. The Kier molecular flexibility index (Phi) is 5.87. The molecule has 2 aromatic rings. The van der Waals surface area contributed by atoms with E-state index in [1.54, 1.807) is 12.1 Å². The lowest BCUT2D eigenvalue weighted by Gasteiger charge is -2.12. The zero-order chi connectivity index (χ0) is 17.7. The monoisotopic (exact) mass is 352 g/mol. The van der Waals surface area contributed by atoms with Crippen LogP contribution in [0.25, 0.3) is 0 Å². The first-order valence-electron chi connectivity index (χ1n) is 7.13. The van der Waals surface area contributed by atoms with E-state index in [1.165, 1.54) is 19.2 Å². The zero-order valence-electron chi connectivity index (χ0n) is 13.6. The van der Waals surface area contributed by atoms with Gasteiger partial charge in [-0.05, 0) is 49.2 Å². The van der Waals surface area contributed by atoms with E-state index >= 15 is 0 Å². The molecule has 7 heteroatoms. The first kappa shape index (κ1) is 17.9. The molecule has 0 amide bonds. The third-order valence-corrected chi connectivity index (χ3v) is 3.40. The summed E-state index contributed by atoms with van der Waals surface area (Å²) in [7, 11) is 1.25. The van der Waals surface area contributed by atoms with E-state index in [9.17, 15) is 9.59 Å². The number of methoxy groups -OCH3 is 1. The van der Waals surface area contributed by atoms with Gasteiger partial charge in [0.25, 0.3) is 0 Å². The summed E-state index contributed by atoms with van der Waals surface area (Å²) in [4.78, 5) is 23.0. The number of carbonyl (C=O) groups is 2. The Hall–Kier alpha value is -2.47. The van der Waals surface area contributed by atoms with Crippen LogP contribution in [0.1, 0.15) is 27.4 Å². The van der Waals surface area contributed by atoms with Crippen molar-refractivity contribution in [3.05, 3.63) is 51.9 Å². The van der Waals surface area contributed by atoms with Gasteiger partial charge in [-0.3, -0.25) is 0 Å². The van der Waals surface area contributed by atoms with E-state index in [2.05, 4.69) is 4.74 Å². The molecule has 0 saturated heterocycles. The first-order chi connectivity index (χ1) is 11.4. The summed E-state index contributed by atoms with van der Waals surface area (Å²) in [6, 6.07) is 6.50. The lowest BCUT2D eigenvalue weighted by atomic mass is 10.1. The second-order valence-electron chi connectivity index (χ2n) is 5.08. The Labute approximate surface area is 144 Å². The summed E-state index contributed by atoms with van der Waals surface area (Å²) in [6.07, 6.45) is 0. The highest BCUT2D eigenvalue weighted by Crippen LogP contribution is 2.27. The van der Waals surface area contributed by atoms with Gasteiger partial charge in [0, 0.05) is 5.02 Å². The van der Waals surface area contributed by atoms with Gasteiger partial charge in [0.15, 0.2) is 6.61 Å². The molecule has 0 radical (unpaired) electrons. The van der Waals surface area contributed by atoms with Crippen LogP contribution in [-0.4, -0.2) is 25.7 Å². The molecule has 1 aromatic carbocycles. The van der Waals surface area contributed by atoms with E-state index < -0.39 is 11.9 Å². The molecule has 0 saturated carbocycles. The number of rotatable bonds is 6. The topological polar surface area (TPSA) is 75.0 Å². The molecule has 0 N–H and O–H groups in total. The average molecular weight is 353 g/mol. The molecule has 24 heavy (non-hydrogen) atoms. The number of hydrogen-bond donors (Lipinski definition) is 0. The molecule has 0 fully saturated rings. The third-order valence-electron chi connectivity index (χ3n) is 3.18. The van der Waals surface area contributed by atoms with Gasteiger partial charge in [-0.15, -0.1) is 0 Å². The molecule has 0 spiro atoms. The van der Waals surface area contributed by atoms with E-state index in [4.69, 9.17) is 25.5 Å². The Morgan fingerprint density at radius 2 is 1.83 bits per heavy atom. The third kappa shape index (κ3) is 4.52. The Morgan fingerprint density at radius 3 is 2.46 bits per heavy atom. The highest BCUT2D eigenvalue weighted by molar-refractivity contribution is 6.30. The fourth-order valence-corrected chi connectivity index (χ4v) is 2.44. The van der Waals surface area contributed by atoms with Crippen LogP contribution in [0.2, 0.25) is 5.02 Å². The summed E-state index contributed by atoms with van der Waals surface area (Å²) in [5, 5.41) is 0.610. The van der Waals surface area contributed by atoms with Crippen molar-refractivity contribution in [2.75, 3.05) is 13.7 Å². The van der Waals surface area contributed by atoms with Crippen molar-refractivity contribution in [1.29, 1.82) is 0 Å². The maximum absolute atomic E-state index is 11.8. The molecule has 0 aliphatic rings. The molecule has 6 nitrogen and oxygen atoms in total. The summed E-state index contributed by atoms with van der Waals surface area (Å²) < 4.78 is 20.3. The van der Waals surface area contributed by atoms with Gasteiger partial charge < -0.3 is 18.6 Å². The molecule has 2 rings (SSSR count). The minimum absolute atomic E-state index is 0.0483. The predicted octanol–water partition coefficient (Wildman–Crippen LogP) is 3.46. The van der Waals surface area contributed by atoms with Crippen LogP contribution in [0.3, 0.4) is 0 Å². The first-order valence-corrected chi connectivity index (χ1v) is 7.50. The van der Waals surface area contributed by atoms with Crippen LogP contribution in [0.5, 0.6) is 5.75 Å². The number of carbonyl (C=O) groups excluding carboxylic acids is 2. The molecule has 0 atom stereocenters. The molecule has 0 aliphatic heterocycles. The van der Waals surface area contributed by atoms with Gasteiger partial charge >= 0.3 is 11.9 Å². The molecule has 0 bridgehead atoms. The lowest BCUT2D eigenvalue weighted by molar-refractivity contribution is -0.147. The standard InChI is InChI=1S/C17H17ClO6/c1-10-6-12(18)7-11(2)16(10)23-9-15(19)22-8-13-4-5-14(24-13)17(20)21-3/h4-7H,8-9H2,1-3H3. The quantitative estimate of drug-likeness (QED) is 0.741. The second-order valence-corrected chi connectivity index (χ2v) is 5.51. The van der Waals surface area contributed by atoms with Crippen molar-refractivity contribution < 1.29 is 28.2 Å². The number of aryl methyl sites for hydroxylation is 2. The summed E-state index contributed by atoms with van der Waals surface area (Å²) in [6.45, 7) is 3.35. The Balaban J connectivity index is 1.86. The smallest absolute Gasteiger partial charge is 0.373 e. The normalized spacial score (nSPS) is 10.3. The summed E-state index contributed by atoms with van der Waals surface area (Å²) >= 11 is 5.95. The van der Waals surface area contributed by atoms with Gasteiger partial charge in [-0.2, -0.15) is 0 Å². The minimum atomic E-state index is -0.593. The van der Waals surface area contributed by atoms with Crippen molar-refractivity contribution in [3.8, 4) is 5.75 Å². The van der Waals surface area contributed by atoms with Crippen LogP contribution < -0.4 is 4.74 Å². The van der Waals surface area contributed by atoms with Gasteiger partial charge in [0.2, 0.25) is 5.76 Å². The van der Waals surface area contributed by atoms with E-state index in [0.29, 0.717) is 16.5 Å². The highest BCUT2D eigenvalue weighted by Gasteiger charge is 2.13. The van der Waals surface area contributed by atoms with Crippen molar-refractivity contribution in [1.82, 2.24) is 0 Å². The van der Waals surface area contributed by atoms with Gasteiger partial charge in [-0.25, -0.2) is 9.59 Å². The zero-order valence-corrected chi connectivity index (χ0v) is 14.3. The second kappa shape index (κ2) is 7.88. The summed E-state index contributed by atoms with van der Waals surface area (Å²) in [5.41, 5.74) is 1.67. The fourth-order valence-electron chi connectivity index (χ4n) is 2.12. The van der Waals surface area contributed by atoms with Crippen molar-refractivity contribution in [2.24, 2.45) is 0 Å². The number of halogens is 1. The molecular weight excluding hydrogens is 336 g/mol. The maximum Gasteiger partial charge on any atom is 0.373 e. The van der Waals surface area contributed by atoms with Crippen molar-refractivity contribution in [3.63, 3.8) is 0 Å². The largest absolute Gasteiger partial charge is 0.481 e. The number of benzene rings is 1. The molecule has 1 aromatic heterocycles. The molecule has 0 unspecified atom stereocenters. The van der Waals surface area contributed by atoms with E-state index in [-0.39, 0.29) is 19.0 Å². The Morgan fingerprint density at radius 1 is 1.17 bits per heavy atom. The lowest BCUT2D eigenvalue weighted by Crippen LogP contribution is -2.15. The molecule has 128 valence electrons.